The van der Waals surface area contributed by atoms with E-state index in [1.807, 2.05) is 39.2 Å². The first kappa shape index (κ1) is 16.6. The first-order valence-corrected chi connectivity index (χ1v) is 7.83. The minimum Gasteiger partial charge on any atom is -0.378 e. The van der Waals surface area contributed by atoms with Gasteiger partial charge in [0.2, 0.25) is 0 Å². The van der Waals surface area contributed by atoms with Gasteiger partial charge in [0, 0.05) is 13.1 Å². The summed E-state index contributed by atoms with van der Waals surface area (Å²) < 4.78 is 7.73. The van der Waals surface area contributed by atoms with Gasteiger partial charge in [0.15, 0.2) is 0 Å². The molecule has 0 aliphatic heterocycles. The van der Waals surface area contributed by atoms with Crippen molar-refractivity contribution in [1.29, 1.82) is 0 Å². The van der Waals surface area contributed by atoms with Crippen LogP contribution in [0.4, 0.5) is 0 Å². The number of ether oxygens (including phenoxy) is 1. The number of benzene rings is 1. The highest BCUT2D eigenvalue weighted by Crippen LogP contribution is 2.29. The number of rotatable bonds is 7. The number of aromatic nitrogens is 2. The van der Waals surface area contributed by atoms with Crippen LogP contribution in [0, 0.1) is 0 Å². The van der Waals surface area contributed by atoms with Crippen LogP contribution in [0.25, 0.3) is 11.0 Å². The Bertz CT molecular complexity index is 596. The van der Waals surface area contributed by atoms with Crippen molar-refractivity contribution in [2.75, 3.05) is 33.9 Å². The van der Waals surface area contributed by atoms with Gasteiger partial charge in [0.25, 0.3) is 0 Å². The van der Waals surface area contributed by atoms with Crippen molar-refractivity contribution in [2.24, 2.45) is 0 Å². The molecule has 0 aliphatic rings. The maximum atomic E-state index is 6.31. The third-order valence-electron chi connectivity index (χ3n) is 3.24. The zero-order chi connectivity index (χ0) is 15.4. The minimum absolute atomic E-state index is 0.171. The average molecular weight is 330 g/mol. The molecule has 0 amide bonds. The van der Waals surface area contributed by atoms with Crippen LogP contribution in [-0.4, -0.2) is 48.3 Å². The Morgan fingerprint density at radius 2 is 2.10 bits per heavy atom. The van der Waals surface area contributed by atoms with Crippen LogP contribution in [0.5, 0.6) is 0 Å². The summed E-state index contributed by atoms with van der Waals surface area (Å²) >= 11 is 12.6. The fourth-order valence-electron chi connectivity index (χ4n) is 2.19. The van der Waals surface area contributed by atoms with Gasteiger partial charge < -0.3 is 14.2 Å². The number of imidazole rings is 1. The molecule has 0 N–H and O–H groups in total. The van der Waals surface area contributed by atoms with Crippen molar-refractivity contribution in [3.8, 4) is 0 Å². The van der Waals surface area contributed by atoms with Gasteiger partial charge in [0.05, 0.1) is 34.6 Å². The van der Waals surface area contributed by atoms with Crippen LogP contribution in [0.15, 0.2) is 18.2 Å². The Kier molecular flexibility index (Phi) is 5.88. The highest BCUT2D eigenvalue weighted by Gasteiger charge is 2.16. The monoisotopic (exact) mass is 329 g/mol. The number of hydrogen-bond acceptors (Lipinski definition) is 3. The molecular weight excluding hydrogens is 309 g/mol. The molecule has 1 aromatic carbocycles. The van der Waals surface area contributed by atoms with Crippen molar-refractivity contribution in [2.45, 2.75) is 18.8 Å². The van der Waals surface area contributed by atoms with E-state index in [0.29, 0.717) is 24.8 Å². The molecule has 0 spiro atoms. The molecule has 2 rings (SSSR count). The van der Waals surface area contributed by atoms with E-state index in [4.69, 9.17) is 27.9 Å². The number of fused-ring (bicyclic) bond motifs is 1. The normalized spacial score (nSPS) is 13.2. The van der Waals surface area contributed by atoms with E-state index in [1.165, 1.54) is 0 Å². The van der Waals surface area contributed by atoms with Gasteiger partial charge >= 0.3 is 0 Å². The molecule has 2 aromatic rings. The van der Waals surface area contributed by atoms with Gasteiger partial charge in [-0.1, -0.05) is 17.7 Å². The molecule has 1 atom stereocenters. The van der Waals surface area contributed by atoms with Crippen molar-refractivity contribution >= 4 is 34.2 Å². The number of hydrogen-bond donors (Lipinski definition) is 0. The summed E-state index contributed by atoms with van der Waals surface area (Å²) in [5.74, 6) is 0.830. The summed E-state index contributed by atoms with van der Waals surface area (Å²) in [5.41, 5.74) is 1.80. The average Bonchev–Trinajstić information content (AvgIpc) is 2.78. The standard InChI is InChI=1S/C15H21Cl2N3O/c1-11(16)15-18-13-6-4-5-12(17)14(13)20(15)8-10-21-9-7-19(2)3/h4-6,11H,7-10H2,1-3H3. The third kappa shape index (κ3) is 4.10. The lowest BCUT2D eigenvalue weighted by atomic mass is 10.3. The minimum atomic E-state index is -0.171. The van der Waals surface area contributed by atoms with Gasteiger partial charge in [-0.25, -0.2) is 4.98 Å². The summed E-state index contributed by atoms with van der Waals surface area (Å²) in [6, 6.07) is 5.73. The van der Waals surface area contributed by atoms with Gasteiger partial charge in [-0.05, 0) is 33.2 Å². The number of halogens is 2. The zero-order valence-corrected chi connectivity index (χ0v) is 14.2. The Balaban J connectivity index is 2.15. The predicted octanol–water partition coefficient (Wildman–Crippen LogP) is 3.57. The number of para-hydroxylation sites is 1. The van der Waals surface area contributed by atoms with E-state index in [9.17, 15) is 0 Å². The van der Waals surface area contributed by atoms with Crippen molar-refractivity contribution in [3.63, 3.8) is 0 Å². The Morgan fingerprint density at radius 1 is 1.33 bits per heavy atom. The molecule has 1 aromatic heterocycles. The molecule has 6 heteroatoms. The van der Waals surface area contributed by atoms with Crippen molar-refractivity contribution < 1.29 is 4.74 Å². The lowest BCUT2D eigenvalue weighted by molar-refractivity contribution is 0.111. The van der Waals surface area contributed by atoms with Gasteiger partial charge in [-0.15, -0.1) is 11.6 Å². The Morgan fingerprint density at radius 3 is 2.76 bits per heavy atom. The van der Waals surface area contributed by atoms with E-state index < -0.39 is 0 Å². The summed E-state index contributed by atoms with van der Waals surface area (Å²) in [7, 11) is 4.06. The third-order valence-corrected chi connectivity index (χ3v) is 3.74. The molecule has 0 saturated carbocycles. The second-order valence-electron chi connectivity index (χ2n) is 5.26. The molecule has 116 valence electrons. The van der Waals surface area contributed by atoms with Gasteiger partial charge in [-0.3, -0.25) is 0 Å². The maximum absolute atomic E-state index is 6.31. The molecule has 0 radical (unpaired) electrons. The van der Waals surface area contributed by atoms with E-state index in [2.05, 4.69) is 14.5 Å². The molecule has 4 nitrogen and oxygen atoms in total. The first-order valence-electron chi connectivity index (χ1n) is 7.02. The zero-order valence-electron chi connectivity index (χ0n) is 12.6. The van der Waals surface area contributed by atoms with Crippen LogP contribution in [0.1, 0.15) is 18.1 Å². The Hall–Kier alpha value is -0.810. The van der Waals surface area contributed by atoms with Crippen LogP contribution < -0.4 is 0 Å². The predicted molar refractivity (Wildman–Crippen MR) is 88.4 cm³/mol. The quantitative estimate of drug-likeness (QED) is 0.574. The van der Waals surface area contributed by atoms with E-state index in [1.54, 1.807) is 0 Å². The van der Waals surface area contributed by atoms with E-state index in [-0.39, 0.29) is 5.38 Å². The largest absolute Gasteiger partial charge is 0.378 e. The number of alkyl halides is 1. The molecule has 0 fully saturated rings. The molecule has 0 saturated heterocycles. The summed E-state index contributed by atoms with van der Waals surface area (Å²) in [6.45, 7) is 4.84. The number of likely N-dealkylation sites (N-methyl/N-ethyl adjacent to an activating group) is 1. The van der Waals surface area contributed by atoms with Crippen LogP contribution in [0.2, 0.25) is 5.02 Å². The second-order valence-corrected chi connectivity index (χ2v) is 6.32. The van der Waals surface area contributed by atoms with E-state index in [0.717, 1.165) is 23.4 Å². The topological polar surface area (TPSA) is 30.3 Å². The summed E-state index contributed by atoms with van der Waals surface area (Å²) in [6.07, 6.45) is 0. The van der Waals surface area contributed by atoms with E-state index >= 15 is 0 Å². The summed E-state index contributed by atoms with van der Waals surface area (Å²) in [5, 5.41) is 0.520. The smallest absolute Gasteiger partial charge is 0.127 e. The van der Waals surface area contributed by atoms with Crippen LogP contribution in [0.3, 0.4) is 0 Å². The van der Waals surface area contributed by atoms with Crippen molar-refractivity contribution in [1.82, 2.24) is 14.5 Å². The number of nitrogens with zero attached hydrogens (tertiary/aromatic N) is 3. The molecule has 21 heavy (non-hydrogen) atoms. The molecule has 1 heterocycles. The highest BCUT2D eigenvalue weighted by molar-refractivity contribution is 6.35. The second kappa shape index (κ2) is 7.45. The SMILES string of the molecule is CC(Cl)c1nc2cccc(Cl)c2n1CCOCCN(C)C. The lowest BCUT2D eigenvalue weighted by Gasteiger charge is -2.13. The van der Waals surface area contributed by atoms with Gasteiger partial charge in [0.1, 0.15) is 5.82 Å². The molecule has 0 bridgehead atoms. The molecule has 0 aliphatic carbocycles. The lowest BCUT2D eigenvalue weighted by Crippen LogP contribution is -2.19. The van der Waals surface area contributed by atoms with Crippen LogP contribution in [-0.2, 0) is 11.3 Å². The summed E-state index contributed by atoms with van der Waals surface area (Å²) in [4.78, 5) is 6.68. The van der Waals surface area contributed by atoms with Crippen molar-refractivity contribution in [3.05, 3.63) is 29.0 Å². The van der Waals surface area contributed by atoms with Gasteiger partial charge in [-0.2, -0.15) is 0 Å². The first-order chi connectivity index (χ1) is 10.0. The maximum Gasteiger partial charge on any atom is 0.127 e. The molecular formula is C15H21Cl2N3O. The highest BCUT2D eigenvalue weighted by atomic mass is 35.5. The molecule has 1 unspecified atom stereocenters. The van der Waals surface area contributed by atoms with Crippen LogP contribution >= 0.6 is 23.2 Å². The Labute approximate surface area is 135 Å². The fraction of sp³-hybridized carbons (Fsp3) is 0.533. The fourth-order valence-corrected chi connectivity index (χ4v) is 2.63.